The molecule has 1 saturated heterocycles. The number of nitrogens with zero attached hydrogens (tertiary/aromatic N) is 2. The Kier molecular flexibility index (Phi) is 4.14. The van der Waals surface area contributed by atoms with Crippen LogP contribution in [-0.4, -0.2) is 13.1 Å². The smallest absolute Gasteiger partial charge is 0.128 e. The molecule has 0 amide bonds. The molecule has 0 aliphatic carbocycles. The Morgan fingerprint density at radius 3 is 1.54 bits per heavy atom. The van der Waals surface area contributed by atoms with E-state index in [-0.39, 0.29) is 6.17 Å². The third-order valence-electron chi connectivity index (χ3n) is 4.52. The second-order valence-electron chi connectivity index (χ2n) is 5.98. The number of benzene rings is 3. The van der Waals surface area contributed by atoms with Gasteiger partial charge >= 0.3 is 0 Å². The summed E-state index contributed by atoms with van der Waals surface area (Å²) in [6, 6.07) is 29.4. The van der Waals surface area contributed by atoms with E-state index in [4.69, 9.17) is 11.6 Å². The monoisotopic (exact) mass is 334 g/mol. The minimum absolute atomic E-state index is 0.173. The van der Waals surface area contributed by atoms with Crippen LogP contribution in [-0.2, 0) is 0 Å². The zero-order chi connectivity index (χ0) is 16.4. The zero-order valence-electron chi connectivity index (χ0n) is 13.3. The first-order chi connectivity index (χ1) is 11.8. The molecule has 0 aromatic heterocycles. The Labute approximate surface area is 147 Å². The fourth-order valence-electron chi connectivity index (χ4n) is 3.40. The Morgan fingerprint density at radius 1 is 0.625 bits per heavy atom. The van der Waals surface area contributed by atoms with E-state index in [0.717, 1.165) is 18.1 Å². The van der Waals surface area contributed by atoms with E-state index in [1.165, 1.54) is 16.9 Å². The van der Waals surface area contributed by atoms with Crippen molar-refractivity contribution < 1.29 is 0 Å². The zero-order valence-corrected chi connectivity index (χ0v) is 14.1. The van der Waals surface area contributed by atoms with Crippen LogP contribution in [0.25, 0.3) is 0 Å². The maximum atomic E-state index is 6.10. The summed E-state index contributed by atoms with van der Waals surface area (Å²) in [7, 11) is 0. The molecule has 0 unspecified atom stereocenters. The third-order valence-corrected chi connectivity index (χ3v) is 4.77. The van der Waals surface area contributed by atoms with E-state index in [9.17, 15) is 0 Å². The lowest BCUT2D eigenvalue weighted by Gasteiger charge is -2.33. The Hall–Kier alpha value is -2.45. The lowest BCUT2D eigenvalue weighted by molar-refractivity contribution is 0.717. The quantitative estimate of drug-likeness (QED) is 0.635. The third kappa shape index (κ3) is 2.85. The topological polar surface area (TPSA) is 6.48 Å². The molecule has 1 fully saturated rings. The number of hydrogen-bond acceptors (Lipinski definition) is 2. The molecule has 3 aromatic rings. The van der Waals surface area contributed by atoms with Crippen molar-refractivity contribution in [1.29, 1.82) is 0 Å². The van der Waals surface area contributed by atoms with Crippen LogP contribution in [0.3, 0.4) is 0 Å². The Morgan fingerprint density at radius 2 is 1.08 bits per heavy atom. The van der Waals surface area contributed by atoms with Crippen molar-refractivity contribution >= 4 is 23.0 Å². The van der Waals surface area contributed by atoms with Crippen molar-refractivity contribution in [2.75, 3.05) is 22.9 Å². The highest BCUT2D eigenvalue weighted by molar-refractivity contribution is 6.30. The lowest BCUT2D eigenvalue weighted by Crippen LogP contribution is -2.30. The fraction of sp³-hybridized carbons (Fsp3) is 0.143. The van der Waals surface area contributed by atoms with Crippen LogP contribution in [0.15, 0.2) is 84.9 Å². The van der Waals surface area contributed by atoms with Crippen LogP contribution < -0.4 is 9.80 Å². The summed E-state index contributed by atoms with van der Waals surface area (Å²) in [5.41, 5.74) is 3.75. The number of hydrogen-bond donors (Lipinski definition) is 0. The van der Waals surface area contributed by atoms with Gasteiger partial charge in [-0.05, 0) is 42.0 Å². The van der Waals surface area contributed by atoms with Gasteiger partial charge in [0.1, 0.15) is 6.17 Å². The van der Waals surface area contributed by atoms with Crippen molar-refractivity contribution in [1.82, 2.24) is 0 Å². The highest BCUT2D eigenvalue weighted by atomic mass is 35.5. The predicted octanol–water partition coefficient (Wildman–Crippen LogP) is 5.37. The summed E-state index contributed by atoms with van der Waals surface area (Å²) < 4.78 is 0. The van der Waals surface area contributed by atoms with Crippen molar-refractivity contribution in [2.24, 2.45) is 0 Å². The fourth-order valence-corrected chi connectivity index (χ4v) is 3.53. The van der Waals surface area contributed by atoms with Gasteiger partial charge in [-0.3, -0.25) is 0 Å². The lowest BCUT2D eigenvalue weighted by atomic mass is 10.1. The predicted molar refractivity (Wildman–Crippen MR) is 102 cm³/mol. The Balaban J connectivity index is 1.77. The van der Waals surface area contributed by atoms with Gasteiger partial charge in [-0.15, -0.1) is 0 Å². The van der Waals surface area contributed by atoms with Gasteiger partial charge in [0.25, 0.3) is 0 Å². The number of anilines is 2. The molecular weight excluding hydrogens is 316 g/mol. The van der Waals surface area contributed by atoms with Crippen LogP contribution in [0, 0.1) is 0 Å². The standard InChI is InChI=1S/C21H19ClN2/c22-18-13-11-17(12-14-18)21-23(19-7-3-1-4-8-19)15-16-24(21)20-9-5-2-6-10-20/h1-14,21H,15-16H2. The average Bonchev–Trinajstić information content (AvgIpc) is 3.09. The number of rotatable bonds is 3. The van der Waals surface area contributed by atoms with Gasteiger partial charge in [-0.1, -0.05) is 60.1 Å². The van der Waals surface area contributed by atoms with E-state index in [1.807, 2.05) is 12.1 Å². The summed E-state index contributed by atoms with van der Waals surface area (Å²) in [6.45, 7) is 1.98. The van der Waals surface area contributed by atoms with Gasteiger partial charge in [0.15, 0.2) is 0 Å². The molecule has 0 bridgehead atoms. The minimum Gasteiger partial charge on any atom is -0.346 e. The molecule has 0 radical (unpaired) electrons. The summed E-state index contributed by atoms with van der Waals surface area (Å²) >= 11 is 6.10. The number of halogens is 1. The van der Waals surface area contributed by atoms with Crippen LogP contribution in [0.2, 0.25) is 5.02 Å². The molecule has 0 atom stereocenters. The van der Waals surface area contributed by atoms with E-state index in [0.29, 0.717) is 0 Å². The Bertz CT molecular complexity index is 740. The van der Waals surface area contributed by atoms with Crippen molar-refractivity contribution in [3.8, 4) is 0 Å². The van der Waals surface area contributed by atoms with Crippen LogP contribution in [0.1, 0.15) is 11.7 Å². The molecular formula is C21H19ClN2. The van der Waals surface area contributed by atoms with Crippen LogP contribution >= 0.6 is 11.6 Å². The first-order valence-electron chi connectivity index (χ1n) is 8.22. The molecule has 0 spiro atoms. The van der Waals surface area contributed by atoms with Gasteiger partial charge in [0.05, 0.1) is 0 Å². The molecule has 0 N–H and O–H groups in total. The molecule has 1 aliphatic heterocycles. The van der Waals surface area contributed by atoms with E-state index >= 15 is 0 Å². The molecule has 1 aliphatic rings. The number of para-hydroxylation sites is 2. The van der Waals surface area contributed by atoms with Crippen molar-refractivity contribution in [3.63, 3.8) is 0 Å². The molecule has 24 heavy (non-hydrogen) atoms. The van der Waals surface area contributed by atoms with Crippen LogP contribution in [0.4, 0.5) is 11.4 Å². The molecule has 0 saturated carbocycles. The second-order valence-corrected chi connectivity index (χ2v) is 6.42. The van der Waals surface area contributed by atoms with Crippen molar-refractivity contribution in [3.05, 3.63) is 95.5 Å². The SMILES string of the molecule is Clc1ccc(C2N(c3ccccc3)CCN2c2ccccc2)cc1. The van der Waals surface area contributed by atoms with E-state index in [2.05, 4.69) is 82.6 Å². The molecule has 2 nitrogen and oxygen atoms in total. The molecule has 120 valence electrons. The molecule has 3 heteroatoms. The maximum absolute atomic E-state index is 6.10. The normalized spacial score (nSPS) is 15.0. The molecule has 4 rings (SSSR count). The average molecular weight is 335 g/mol. The molecule has 3 aromatic carbocycles. The summed E-state index contributed by atoms with van der Waals surface area (Å²) in [4.78, 5) is 4.91. The first kappa shape index (κ1) is 15.1. The van der Waals surface area contributed by atoms with Gasteiger partial charge in [0.2, 0.25) is 0 Å². The minimum atomic E-state index is 0.173. The van der Waals surface area contributed by atoms with Crippen LogP contribution in [0.5, 0.6) is 0 Å². The second kappa shape index (κ2) is 6.58. The van der Waals surface area contributed by atoms with Gasteiger partial charge in [-0.25, -0.2) is 0 Å². The summed E-state index contributed by atoms with van der Waals surface area (Å²) in [6.07, 6.45) is 0.173. The van der Waals surface area contributed by atoms with E-state index in [1.54, 1.807) is 0 Å². The summed E-state index contributed by atoms with van der Waals surface area (Å²) in [5, 5.41) is 0.772. The highest BCUT2D eigenvalue weighted by Gasteiger charge is 2.33. The van der Waals surface area contributed by atoms with E-state index < -0.39 is 0 Å². The first-order valence-corrected chi connectivity index (χ1v) is 8.59. The maximum Gasteiger partial charge on any atom is 0.128 e. The molecule has 1 heterocycles. The highest BCUT2D eigenvalue weighted by Crippen LogP contribution is 2.37. The van der Waals surface area contributed by atoms with Gasteiger partial charge in [-0.2, -0.15) is 0 Å². The van der Waals surface area contributed by atoms with Crippen molar-refractivity contribution in [2.45, 2.75) is 6.17 Å². The summed E-state index contributed by atoms with van der Waals surface area (Å²) in [5.74, 6) is 0. The largest absolute Gasteiger partial charge is 0.346 e. The van der Waals surface area contributed by atoms with Gasteiger partial charge in [0, 0.05) is 29.5 Å². The van der Waals surface area contributed by atoms with Gasteiger partial charge < -0.3 is 9.80 Å².